The Hall–Kier alpha value is -3.47. The molecular weight excluding hydrogens is 418 g/mol. The van der Waals surface area contributed by atoms with Crippen LogP contribution in [0.15, 0.2) is 30.3 Å². The number of primary amides is 1. The average Bonchev–Trinajstić information content (AvgIpc) is 2.72. The van der Waals surface area contributed by atoms with Crippen molar-refractivity contribution in [2.24, 2.45) is 17.4 Å². The van der Waals surface area contributed by atoms with Crippen LogP contribution >= 0.6 is 0 Å². The van der Waals surface area contributed by atoms with Gasteiger partial charge in [0.1, 0.15) is 18.1 Å². The van der Waals surface area contributed by atoms with Gasteiger partial charge in [0.2, 0.25) is 23.6 Å². The minimum atomic E-state index is -1.33. The highest BCUT2D eigenvalue weighted by Gasteiger charge is 2.30. The van der Waals surface area contributed by atoms with Gasteiger partial charge in [-0.05, 0) is 17.9 Å². The number of rotatable bonds is 13. The Bertz CT molecular complexity index is 814. The molecule has 1 aromatic rings. The lowest BCUT2D eigenvalue weighted by Gasteiger charge is -2.24. The van der Waals surface area contributed by atoms with Gasteiger partial charge in [0, 0.05) is 6.42 Å². The molecule has 0 spiro atoms. The van der Waals surface area contributed by atoms with Gasteiger partial charge >= 0.3 is 5.97 Å². The van der Waals surface area contributed by atoms with Crippen LogP contribution in [-0.2, 0) is 30.4 Å². The summed E-state index contributed by atoms with van der Waals surface area (Å²) in [7, 11) is 0. The fourth-order valence-corrected chi connectivity index (χ4v) is 2.96. The molecule has 3 atom stereocenters. The third kappa shape index (κ3) is 9.56. The molecule has 1 aromatic carbocycles. The second-order valence-electron chi connectivity index (χ2n) is 7.77. The van der Waals surface area contributed by atoms with E-state index in [4.69, 9.17) is 11.5 Å². The Balaban J connectivity index is 3.09. The highest BCUT2D eigenvalue weighted by Crippen LogP contribution is 2.08. The van der Waals surface area contributed by atoms with Gasteiger partial charge < -0.3 is 32.5 Å². The van der Waals surface area contributed by atoms with Crippen molar-refractivity contribution in [1.29, 1.82) is 0 Å². The van der Waals surface area contributed by atoms with Crippen molar-refractivity contribution < 1.29 is 29.1 Å². The maximum absolute atomic E-state index is 12.9. The summed E-state index contributed by atoms with van der Waals surface area (Å²) in [5, 5.41) is 16.7. The number of carboxylic acid groups (broad SMARTS) is 1. The second-order valence-corrected chi connectivity index (χ2v) is 7.77. The third-order valence-corrected chi connectivity index (χ3v) is 4.48. The number of carboxylic acids is 1. The van der Waals surface area contributed by atoms with Crippen LogP contribution < -0.4 is 27.4 Å². The summed E-state index contributed by atoms with van der Waals surface area (Å²) in [5.74, 6) is -4.24. The van der Waals surface area contributed by atoms with E-state index < -0.39 is 60.7 Å². The zero-order chi connectivity index (χ0) is 24.3. The van der Waals surface area contributed by atoms with Gasteiger partial charge in [0.25, 0.3) is 0 Å². The fraction of sp³-hybridized carbons (Fsp3) is 0.476. The molecular formula is C21H31N5O6. The lowest BCUT2D eigenvalue weighted by molar-refractivity contribution is -0.143. The molecule has 0 saturated carbocycles. The summed E-state index contributed by atoms with van der Waals surface area (Å²) in [4.78, 5) is 60.2. The van der Waals surface area contributed by atoms with Gasteiger partial charge in [-0.3, -0.25) is 19.2 Å². The molecule has 11 nitrogen and oxygen atoms in total. The van der Waals surface area contributed by atoms with Crippen LogP contribution in [-0.4, -0.2) is 59.4 Å². The summed E-state index contributed by atoms with van der Waals surface area (Å²) in [6.45, 7) is 3.23. The number of nitrogens with one attached hydrogen (secondary N) is 3. The number of nitrogens with two attached hydrogens (primary N) is 2. The monoisotopic (exact) mass is 449 g/mol. The summed E-state index contributed by atoms with van der Waals surface area (Å²) in [6, 6.07) is 5.13. The Kier molecular flexibility index (Phi) is 10.8. The van der Waals surface area contributed by atoms with Crippen LogP contribution in [0.4, 0.5) is 0 Å². The normalized spacial score (nSPS) is 13.5. The zero-order valence-corrected chi connectivity index (χ0v) is 18.2. The average molecular weight is 450 g/mol. The van der Waals surface area contributed by atoms with Crippen LogP contribution in [0.2, 0.25) is 0 Å². The molecule has 0 aliphatic heterocycles. The maximum atomic E-state index is 12.9. The van der Waals surface area contributed by atoms with E-state index in [2.05, 4.69) is 16.0 Å². The zero-order valence-electron chi connectivity index (χ0n) is 18.2. The molecule has 0 saturated heterocycles. The van der Waals surface area contributed by atoms with Crippen LogP contribution in [0.3, 0.4) is 0 Å². The largest absolute Gasteiger partial charge is 0.480 e. The van der Waals surface area contributed by atoms with E-state index in [0.717, 1.165) is 0 Å². The van der Waals surface area contributed by atoms with E-state index in [9.17, 15) is 29.1 Å². The number of carbonyl (C=O) groups is 5. The summed E-state index contributed by atoms with van der Waals surface area (Å²) >= 11 is 0. The summed E-state index contributed by atoms with van der Waals surface area (Å²) in [5.41, 5.74) is 11.1. The predicted molar refractivity (Wildman–Crippen MR) is 116 cm³/mol. The van der Waals surface area contributed by atoms with Gasteiger partial charge in [-0.1, -0.05) is 44.2 Å². The first kappa shape index (κ1) is 26.6. The lowest BCUT2D eigenvalue weighted by atomic mass is 10.0. The van der Waals surface area contributed by atoms with Gasteiger partial charge in [-0.2, -0.15) is 0 Å². The van der Waals surface area contributed by atoms with Crippen LogP contribution in [0, 0.1) is 5.92 Å². The maximum Gasteiger partial charge on any atom is 0.326 e. The first-order chi connectivity index (χ1) is 15.0. The molecule has 0 radical (unpaired) electrons. The Labute approximate surface area is 186 Å². The predicted octanol–water partition coefficient (Wildman–Crippen LogP) is -1.35. The molecule has 0 aliphatic rings. The molecule has 4 amide bonds. The van der Waals surface area contributed by atoms with Crippen molar-refractivity contribution in [3.8, 4) is 0 Å². The number of carbonyl (C=O) groups excluding carboxylic acids is 4. The van der Waals surface area contributed by atoms with E-state index in [1.54, 1.807) is 30.3 Å². The highest BCUT2D eigenvalue weighted by molar-refractivity contribution is 5.95. The van der Waals surface area contributed by atoms with E-state index >= 15 is 0 Å². The molecule has 8 N–H and O–H groups in total. The molecule has 3 unspecified atom stereocenters. The van der Waals surface area contributed by atoms with Gasteiger partial charge in [0.05, 0.1) is 13.0 Å². The highest BCUT2D eigenvalue weighted by atomic mass is 16.4. The molecule has 1 rings (SSSR count). The molecule has 0 heterocycles. The molecule has 0 bridgehead atoms. The van der Waals surface area contributed by atoms with Crippen LogP contribution in [0.5, 0.6) is 0 Å². The number of hydrogen-bond acceptors (Lipinski definition) is 6. The second kappa shape index (κ2) is 13.1. The molecule has 11 heteroatoms. The standard InChI is InChI=1S/C21H31N5O6/c1-12(2)8-16(21(31)32)26-19(29)14(9-13-6-4-3-5-7-13)25-20(30)15(10-17(23)27)24-18(28)11-22/h3-7,12,14-16H,8-11,22H2,1-2H3,(H2,23,27)(H,24,28)(H,25,30)(H,26,29)(H,31,32). The fourth-order valence-electron chi connectivity index (χ4n) is 2.96. The van der Waals surface area contributed by atoms with Crippen molar-refractivity contribution >= 4 is 29.6 Å². The van der Waals surface area contributed by atoms with Gasteiger partial charge in [0.15, 0.2) is 0 Å². The minimum absolute atomic E-state index is 0.00462. The van der Waals surface area contributed by atoms with Crippen molar-refractivity contribution in [1.82, 2.24) is 16.0 Å². The summed E-state index contributed by atoms with van der Waals surface area (Å²) < 4.78 is 0. The molecule has 32 heavy (non-hydrogen) atoms. The third-order valence-electron chi connectivity index (χ3n) is 4.48. The Morgan fingerprint density at radius 1 is 0.906 bits per heavy atom. The number of aliphatic carboxylic acids is 1. The molecule has 176 valence electrons. The number of hydrogen-bond donors (Lipinski definition) is 6. The molecule has 0 aromatic heterocycles. The quantitative estimate of drug-likeness (QED) is 0.214. The van der Waals surface area contributed by atoms with Gasteiger partial charge in [-0.15, -0.1) is 0 Å². The minimum Gasteiger partial charge on any atom is -0.480 e. The topological polar surface area (TPSA) is 194 Å². The van der Waals surface area contributed by atoms with Gasteiger partial charge in [-0.25, -0.2) is 4.79 Å². The molecule has 0 aliphatic carbocycles. The van der Waals surface area contributed by atoms with E-state index in [-0.39, 0.29) is 18.8 Å². The first-order valence-electron chi connectivity index (χ1n) is 10.2. The van der Waals surface area contributed by atoms with E-state index in [1.807, 2.05) is 13.8 Å². The van der Waals surface area contributed by atoms with Crippen molar-refractivity contribution in [2.45, 2.75) is 51.2 Å². The van der Waals surface area contributed by atoms with Crippen molar-refractivity contribution in [2.75, 3.05) is 6.54 Å². The van der Waals surface area contributed by atoms with Crippen LogP contribution in [0.1, 0.15) is 32.3 Å². The Morgan fingerprint density at radius 2 is 1.47 bits per heavy atom. The first-order valence-corrected chi connectivity index (χ1v) is 10.2. The molecule has 0 fully saturated rings. The van der Waals surface area contributed by atoms with E-state index in [0.29, 0.717) is 5.56 Å². The number of benzene rings is 1. The number of amides is 4. The van der Waals surface area contributed by atoms with Crippen molar-refractivity contribution in [3.05, 3.63) is 35.9 Å². The van der Waals surface area contributed by atoms with E-state index in [1.165, 1.54) is 0 Å². The van der Waals surface area contributed by atoms with Crippen LogP contribution in [0.25, 0.3) is 0 Å². The Morgan fingerprint density at radius 3 is 1.97 bits per heavy atom. The SMILES string of the molecule is CC(C)CC(NC(=O)C(Cc1ccccc1)NC(=O)C(CC(N)=O)NC(=O)CN)C(=O)O. The van der Waals surface area contributed by atoms with Crippen molar-refractivity contribution in [3.63, 3.8) is 0 Å². The lowest BCUT2D eigenvalue weighted by Crippen LogP contribution is -2.57. The summed E-state index contributed by atoms with van der Waals surface area (Å²) in [6.07, 6.45) is -0.243. The smallest absolute Gasteiger partial charge is 0.326 e.